The standard InChI is InChI=1S/C22H28FN3O2/c1-16(2)20-15-26(22(27)19-6-4-11-24-21(19)28-3)13-5-12-25(20)14-17-7-9-18(23)10-8-17/h4,6-11,16,20H,5,12-15H2,1-3H3/t20-/m0/s1. The lowest BCUT2D eigenvalue weighted by Crippen LogP contribution is -2.45. The number of carbonyl (C=O) groups is 1. The van der Waals surface area contributed by atoms with Crippen molar-refractivity contribution >= 4 is 5.91 Å². The zero-order valence-corrected chi connectivity index (χ0v) is 16.8. The molecule has 1 fully saturated rings. The van der Waals surface area contributed by atoms with Gasteiger partial charge in [-0.15, -0.1) is 0 Å². The van der Waals surface area contributed by atoms with E-state index in [4.69, 9.17) is 4.74 Å². The van der Waals surface area contributed by atoms with E-state index < -0.39 is 0 Å². The van der Waals surface area contributed by atoms with Crippen LogP contribution in [-0.4, -0.2) is 53.5 Å². The molecule has 2 heterocycles. The molecule has 0 saturated carbocycles. The molecule has 1 aromatic carbocycles. The molecule has 1 aliphatic heterocycles. The number of carbonyl (C=O) groups excluding carboxylic acids is 1. The highest BCUT2D eigenvalue weighted by Gasteiger charge is 2.31. The van der Waals surface area contributed by atoms with Gasteiger partial charge in [-0.1, -0.05) is 26.0 Å². The molecule has 0 bridgehead atoms. The lowest BCUT2D eigenvalue weighted by molar-refractivity contribution is 0.0698. The Labute approximate surface area is 166 Å². The zero-order chi connectivity index (χ0) is 20.1. The monoisotopic (exact) mass is 385 g/mol. The molecule has 0 spiro atoms. The molecule has 28 heavy (non-hydrogen) atoms. The van der Waals surface area contributed by atoms with Gasteiger partial charge in [0.2, 0.25) is 5.88 Å². The topological polar surface area (TPSA) is 45.7 Å². The van der Waals surface area contributed by atoms with Crippen LogP contribution in [0.4, 0.5) is 4.39 Å². The van der Waals surface area contributed by atoms with Crippen molar-refractivity contribution in [1.82, 2.24) is 14.8 Å². The Morgan fingerprint density at radius 1 is 1.25 bits per heavy atom. The average Bonchev–Trinajstić information content (AvgIpc) is 2.92. The van der Waals surface area contributed by atoms with Crippen LogP contribution in [0.2, 0.25) is 0 Å². The van der Waals surface area contributed by atoms with Gasteiger partial charge in [0.1, 0.15) is 11.4 Å². The molecular weight excluding hydrogens is 357 g/mol. The molecule has 1 saturated heterocycles. The third kappa shape index (κ3) is 4.68. The summed E-state index contributed by atoms with van der Waals surface area (Å²) >= 11 is 0. The number of ether oxygens (including phenoxy) is 1. The Bertz CT molecular complexity index is 795. The number of nitrogens with zero attached hydrogens (tertiary/aromatic N) is 3. The first-order valence-corrected chi connectivity index (χ1v) is 9.76. The fraction of sp³-hybridized carbons (Fsp3) is 0.455. The van der Waals surface area contributed by atoms with Crippen molar-refractivity contribution < 1.29 is 13.9 Å². The van der Waals surface area contributed by atoms with Gasteiger partial charge in [-0.3, -0.25) is 9.69 Å². The van der Waals surface area contributed by atoms with E-state index in [0.717, 1.165) is 25.1 Å². The van der Waals surface area contributed by atoms with Crippen molar-refractivity contribution in [2.45, 2.75) is 32.9 Å². The van der Waals surface area contributed by atoms with E-state index in [9.17, 15) is 9.18 Å². The minimum absolute atomic E-state index is 0.0424. The van der Waals surface area contributed by atoms with Gasteiger partial charge in [-0.2, -0.15) is 0 Å². The summed E-state index contributed by atoms with van der Waals surface area (Å²) in [5.74, 6) is 0.479. The number of hydrogen-bond donors (Lipinski definition) is 0. The minimum atomic E-state index is -0.220. The van der Waals surface area contributed by atoms with Crippen LogP contribution < -0.4 is 4.74 Å². The second kappa shape index (κ2) is 9.15. The van der Waals surface area contributed by atoms with Crippen LogP contribution in [0.3, 0.4) is 0 Å². The smallest absolute Gasteiger partial charge is 0.259 e. The lowest BCUT2D eigenvalue weighted by atomic mass is 10.0. The summed E-state index contributed by atoms with van der Waals surface area (Å²) in [6.45, 7) is 7.35. The third-order valence-electron chi connectivity index (χ3n) is 5.30. The molecule has 2 aromatic rings. The molecule has 1 atom stereocenters. The summed E-state index contributed by atoms with van der Waals surface area (Å²) in [6, 6.07) is 10.4. The van der Waals surface area contributed by atoms with Crippen molar-refractivity contribution in [3.8, 4) is 5.88 Å². The molecule has 0 radical (unpaired) electrons. The van der Waals surface area contributed by atoms with Crippen LogP contribution in [0.25, 0.3) is 0 Å². The molecule has 6 heteroatoms. The molecule has 1 aromatic heterocycles. The van der Waals surface area contributed by atoms with Crippen LogP contribution in [0.1, 0.15) is 36.2 Å². The van der Waals surface area contributed by atoms with Crippen molar-refractivity contribution in [2.24, 2.45) is 5.92 Å². The molecule has 0 aliphatic carbocycles. The van der Waals surface area contributed by atoms with Gasteiger partial charge < -0.3 is 9.64 Å². The van der Waals surface area contributed by atoms with E-state index in [1.807, 2.05) is 17.0 Å². The molecular formula is C22H28FN3O2. The van der Waals surface area contributed by atoms with Crippen molar-refractivity contribution in [3.63, 3.8) is 0 Å². The SMILES string of the molecule is COc1ncccc1C(=O)N1CCCN(Cc2ccc(F)cc2)[C@H](C(C)C)C1. The van der Waals surface area contributed by atoms with Crippen LogP contribution in [0.15, 0.2) is 42.6 Å². The average molecular weight is 385 g/mol. The summed E-state index contributed by atoms with van der Waals surface area (Å²) in [7, 11) is 1.53. The number of amides is 1. The summed E-state index contributed by atoms with van der Waals surface area (Å²) < 4.78 is 18.5. The highest BCUT2D eigenvalue weighted by Crippen LogP contribution is 2.23. The third-order valence-corrected chi connectivity index (χ3v) is 5.30. The van der Waals surface area contributed by atoms with Crippen molar-refractivity contribution in [2.75, 3.05) is 26.7 Å². The van der Waals surface area contributed by atoms with Gasteiger partial charge >= 0.3 is 0 Å². The first-order valence-electron chi connectivity index (χ1n) is 9.76. The predicted octanol–water partition coefficient (Wildman–Crippen LogP) is 3.60. The second-order valence-electron chi connectivity index (χ2n) is 7.57. The number of hydrogen-bond acceptors (Lipinski definition) is 4. The summed E-state index contributed by atoms with van der Waals surface area (Å²) in [5.41, 5.74) is 1.58. The van der Waals surface area contributed by atoms with Crippen LogP contribution in [0.5, 0.6) is 5.88 Å². The van der Waals surface area contributed by atoms with E-state index >= 15 is 0 Å². The van der Waals surface area contributed by atoms with Crippen LogP contribution in [-0.2, 0) is 6.54 Å². The second-order valence-corrected chi connectivity index (χ2v) is 7.57. The normalized spacial score (nSPS) is 18.2. The first-order chi connectivity index (χ1) is 13.5. The van der Waals surface area contributed by atoms with Gasteiger partial charge in [0, 0.05) is 38.4 Å². The molecule has 3 rings (SSSR count). The molecule has 150 valence electrons. The highest BCUT2D eigenvalue weighted by atomic mass is 19.1. The Hall–Kier alpha value is -2.47. The number of methoxy groups -OCH3 is 1. The van der Waals surface area contributed by atoms with E-state index in [0.29, 0.717) is 30.5 Å². The number of pyridine rings is 1. The lowest BCUT2D eigenvalue weighted by Gasteiger charge is -2.34. The van der Waals surface area contributed by atoms with Crippen LogP contribution in [0, 0.1) is 11.7 Å². The Morgan fingerprint density at radius 3 is 2.68 bits per heavy atom. The first kappa shape index (κ1) is 20.3. The van der Waals surface area contributed by atoms with Gasteiger partial charge in [0.25, 0.3) is 5.91 Å². The van der Waals surface area contributed by atoms with Gasteiger partial charge in [0.15, 0.2) is 0 Å². The van der Waals surface area contributed by atoms with E-state index in [-0.39, 0.29) is 17.8 Å². The van der Waals surface area contributed by atoms with Crippen LogP contribution >= 0.6 is 0 Å². The molecule has 1 amide bonds. The van der Waals surface area contributed by atoms with Crippen molar-refractivity contribution in [1.29, 1.82) is 0 Å². The molecule has 0 N–H and O–H groups in total. The van der Waals surface area contributed by atoms with Gasteiger partial charge in [-0.05, 0) is 42.2 Å². The molecule has 1 aliphatic rings. The summed E-state index contributed by atoms with van der Waals surface area (Å²) in [5, 5.41) is 0. The number of benzene rings is 1. The maximum atomic E-state index is 13.2. The Kier molecular flexibility index (Phi) is 6.62. The fourth-order valence-corrected chi connectivity index (χ4v) is 3.79. The minimum Gasteiger partial charge on any atom is -0.480 e. The Morgan fingerprint density at radius 2 is 2.00 bits per heavy atom. The van der Waals surface area contributed by atoms with E-state index in [1.165, 1.54) is 19.2 Å². The number of halogens is 1. The van der Waals surface area contributed by atoms with E-state index in [1.54, 1.807) is 18.3 Å². The fourth-order valence-electron chi connectivity index (χ4n) is 3.79. The van der Waals surface area contributed by atoms with E-state index in [2.05, 4.69) is 23.7 Å². The maximum Gasteiger partial charge on any atom is 0.259 e. The Balaban J connectivity index is 1.78. The number of rotatable bonds is 5. The van der Waals surface area contributed by atoms with Gasteiger partial charge in [0.05, 0.1) is 7.11 Å². The molecule has 5 nitrogen and oxygen atoms in total. The maximum absolute atomic E-state index is 13.2. The van der Waals surface area contributed by atoms with Gasteiger partial charge in [-0.25, -0.2) is 9.37 Å². The highest BCUT2D eigenvalue weighted by molar-refractivity contribution is 5.96. The summed E-state index contributed by atoms with van der Waals surface area (Å²) in [6.07, 6.45) is 2.51. The number of aromatic nitrogens is 1. The van der Waals surface area contributed by atoms with Crippen molar-refractivity contribution in [3.05, 3.63) is 59.5 Å². The largest absolute Gasteiger partial charge is 0.480 e. The quantitative estimate of drug-likeness (QED) is 0.789. The molecule has 0 unspecified atom stereocenters. The zero-order valence-electron chi connectivity index (χ0n) is 16.8. The summed E-state index contributed by atoms with van der Waals surface area (Å²) in [4.78, 5) is 21.6. The predicted molar refractivity (Wildman–Crippen MR) is 107 cm³/mol.